The van der Waals surface area contributed by atoms with Gasteiger partial charge < -0.3 is 19.3 Å². The first-order valence-electron chi connectivity index (χ1n) is 9.89. The van der Waals surface area contributed by atoms with Crippen LogP contribution in [0.15, 0.2) is 48.7 Å². The number of carbonyl (C=O) groups is 2. The van der Waals surface area contributed by atoms with Gasteiger partial charge in [0.25, 0.3) is 11.8 Å². The summed E-state index contributed by atoms with van der Waals surface area (Å²) >= 11 is 0. The molecule has 2 aliphatic rings. The van der Waals surface area contributed by atoms with Gasteiger partial charge >= 0.3 is 0 Å². The van der Waals surface area contributed by atoms with E-state index in [-0.39, 0.29) is 18.4 Å². The Labute approximate surface area is 170 Å². The number of methoxy groups -OCH3 is 1. The lowest BCUT2D eigenvalue weighted by molar-refractivity contribution is -0.140. The average Bonchev–Trinajstić information content (AvgIpc) is 2.98. The Kier molecular flexibility index (Phi) is 5.49. The molecule has 4 rings (SSSR count). The number of ether oxygens (including phenoxy) is 2. The molecule has 0 bridgehead atoms. The number of hydrogen-bond acceptors (Lipinski definition) is 5. The number of nitrogens with zero attached hydrogens (tertiary/aromatic N) is 3. The SMILES string of the molecule is COc1ccnc(C(=O)N2CCCC3(CC2)CN(c2ccccc2)C(=O)CO3)c1. The molecule has 7 heteroatoms. The van der Waals surface area contributed by atoms with E-state index in [2.05, 4.69) is 4.98 Å². The van der Waals surface area contributed by atoms with Crippen LogP contribution >= 0.6 is 0 Å². The maximum Gasteiger partial charge on any atom is 0.272 e. The molecule has 0 saturated carbocycles. The molecule has 2 aromatic rings. The zero-order valence-corrected chi connectivity index (χ0v) is 16.5. The van der Waals surface area contributed by atoms with E-state index in [0.717, 1.165) is 18.5 Å². The van der Waals surface area contributed by atoms with Gasteiger partial charge in [-0.05, 0) is 37.5 Å². The van der Waals surface area contributed by atoms with Crippen LogP contribution in [-0.2, 0) is 9.53 Å². The van der Waals surface area contributed by atoms with Crippen LogP contribution < -0.4 is 9.64 Å². The van der Waals surface area contributed by atoms with E-state index in [1.165, 1.54) is 0 Å². The molecule has 1 aromatic heterocycles. The maximum atomic E-state index is 12.9. The number of para-hydroxylation sites is 1. The number of aromatic nitrogens is 1. The van der Waals surface area contributed by atoms with Crippen molar-refractivity contribution in [1.29, 1.82) is 0 Å². The van der Waals surface area contributed by atoms with Crippen molar-refractivity contribution in [3.63, 3.8) is 0 Å². The topological polar surface area (TPSA) is 72.0 Å². The predicted molar refractivity (Wildman–Crippen MR) is 108 cm³/mol. The smallest absolute Gasteiger partial charge is 0.272 e. The molecular weight excluding hydrogens is 370 g/mol. The van der Waals surface area contributed by atoms with Crippen LogP contribution in [-0.4, -0.2) is 60.7 Å². The normalized spacial score (nSPS) is 22.4. The Bertz CT molecular complexity index is 889. The molecule has 0 N–H and O–H groups in total. The van der Waals surface area contributed by atoms with Crippen molar-refractivity contribution in [2.24, 2.45) is 0 Å². The largest absolute Gasteiger partial charge is 0.497 e. The Morgan fingerprint density at radius 2 is 2.00 bits per heavy atom. The number of morpholine rings is 1. The maximum absolute atomic E-state index is 12.9. The third-order valence-corrected chi connectivity index (χ3v) is 5.69. The fourth-order valence-electron chi connectivity index (χ4n) is 4.05. The summed E-state index contributed by atoms with van der Waals surface area (Å²) in [6.45, 7) is 1.78. The number of hydrogen-bond donors (Lipinski definition) is 0. The lowest BCUT2D eigenvalue weighted by Gasteiger charge is -2.42. The highest BCUT2D eigenvalue weighted by Gasteiger charge is 2.42. The first-order valence-corrected chi connectivity index (χ1v) is 9.89. The highest BCUT2D eigenvalue weighted by molar-refractivity contribution is 5.95. The quantitative estimate of drug-likeness (QED) is 0.799. The van der Waals surface area contributed by atoms with Gasteiger partial charge in [-0.25, -0.2) is 0 Å². The summed E-state index contributed by atoms with van der Waals surface area (Å²) in [6, 6.07) is 13.1. The molecule has 7 nitrogen and oxygen atoms in total. The summed E-state index contributed by atoms with van der Waals surface area (Å²) in [7, 11) is 1.57. The molecule has 0 aliphatic carbocycles. The van der Waals surface area contributed by atoms with Gasteiger partial charge in [0.05, 0.1) is 19.3 Å². The summed E-state index contributed by atoms with van der Waals surface area (Å²) in [5.74, 6) is 0.481. The van der Waals surface area contributed by atoms with Gasteiger partial charge in [0.15, 0.2) is 0 Å². The number of carbonyl (C=O) groups excluding carboxylic acids is 2. The Balaban J connectivity index is 1.48. The molecule has 2 saturated heterocycles. The zero-order valence-electron chi connectivity index (χ0n) is 16.5. The molecular formula is C22H25N3O4. The minimum Gasteiger partial charge on any atom is -0.497 e. The molecule has 29 heavy (non-hydrogen) atoms. The third-order valence-electron chi connectivity index (χ3n) is 5.69. The number of pyridine rings is 1. The van der Waals surface area contributed by atoms with Crippen molar-refractivity contribution >= 4 is 17.5 Å². The van der Waals surface area contributed by atoms with Crippen LogP contribution in [0.1, 0.15) is 29.8 Å². The summed E-state index contributed by atoms with van der Waals surface area (Å²) < 4.78 is 11.3. The molecule has 1 aromatic carbocycles. The second-order valence-corrected chi connectivity index (χ2v) is 7.51. The third kappa shape index (κ3) is 4.10. The minimum absolute atomic E-state index is 0.0282. The second-order valence-electron chi connectivity index (χ2n) is 7.51. The molecule has 152 valence electrons. The van der Waals surface area contributed by atoms with E-state index >= 15 is 0 Å². The number of amides is 2. The van der Waals surface area contributed by atoms with E-state index < -0.39 is 5.60 Å². The van der Waals surface area contributed by atoms with Gasteiger partial charge in [-0.15, -0.1) is 0 Å². The van der Waals surface area contributed by atoms with E-state index in [9.17, 15) is 9.59 Å². The van der Waals surface area contributed by atoms with Crippen molar-refractivity contribution in [1.82, 2.24) is 9.88 Å². The molecule has 1 spiro atoms. The summed E-state index contributed by atoms with van der Waals surface area (Å²) in [6.07, 6.45) is 3.88. The minimum atomic E-state index is -0.430. The van der Waals surface area contributed by atoms with Crippen molar-refractivity contribution in [2.75, 3.05) is 38.3 Å². The van der Waals surface area contributed by atoms with E-state index in [0.29, 0.717) is 37.5 Å². The fraction of sp³-hybridized carbons (Fsp3) is 0.409. The summed E-state index contributed by atoms with van der Waals surface area (Å²) in [5, 5.41) is 0. The number of anilines is 1. The van der Waals surface area contributed by atoms with Crippen molar-refractivity contribution in [2.45, 2.75) is 24.9 Å². The van der Waals surface area contributed by atoms with Crippen LogP contribution in [0, 0.1) is 0 Å². The Morgan fingerprint density at radius 3 is 2.79 bits per heavy atom. The standard InChI is InChI=1S/C22H25N3O4/c1-28-18-8-11-23-19(14-18)21(27)24-12-5-9-22(10-13-24)16-25(20(26)15-29-22)17-6-3-2-4-7-17/h2-4,6-8,11,14H,5,9-10,12-13,15-16H2,1H3. The Morgan fingerprint density at radius 1 is 1.17 bits per heavy atom. The van der Waals surface area contributed by atoms with Crippen LogP contribution in [0.3, 0.4) is 0 Å². The monoisotopic (exact) mass is 395 g/mol. The van der Waals surface area contributed by atoms with Gasteiger partial charge in [-0.1, -0.05) is 18.2 Å². The molecule has 2 fully saturated rings. The van der Waals surface area contributed by atoms with E-state index in [1.54, 1.807) is 25.4 Å². The van der Waals surface area contributed by atoms with Crippen molar-refractivity contribution in [3.05, 3.63) is 54.4 Å². The molecule has 2 amide bonds. The summed E-state index contributed by atoms with van der Waals surface area (Å²) in [4.78, 5) is 33.2. The van der Waals surface area contributed by atoms with E-state index in [4.69, 9.17) is 9.47 Å². The first kappa shape index (κ1) is 19.4. The van der Waals surface area contributed by atoms with Crippen LogP contribution in [0.4, 0.5) is 5.69 Å². The van der Waals surface area contributed by atoms with Crippen LogP contribution in [0.5, 0.6) is 5.75 Å². The van der Waals surface area contributed by atoms with Gasteiger partial charge in [0.2, 0.25) is 0 Å². The highest BCUT2D eigenvalue weighted by Crippen LogP contribution is 2.33. The number of benzene rings is 1. The van der Waals surface area contributed by atoms with Crippen molar-refractivity contribution in [3.8, 4) is 5.75 Å². The van der Waals surface area contributed by atoms with Crippen LogP contribution in [0.25, 0.3) is 0 Å². The Hall–Kier alpha value is -2.93. The molecule has 3 heterocycles. The summed E-state index contributed by atoms with van der Waals surface area (Å²) in [5.41, 5.74) is 0.838. The molecule has 0 radical (unpaired) electrons. The lowest BCUT2D eigenvalue weighted by Crippen LogP contribution is -2.55. The van der Waals surface area contributed by atoms with Crippen LogP contribution in [0.2, 0.25) is 0 Å². The fourth-order valence-corrected chi connectivity index (χ4v) is 4.05. The molecule has 2 aliphatic heterocycles. The van der Waals surface area contributed by atoms with E-state index in [1.807, 2.05) is 40.1 Å². The molecule has 1 unspecified atom stereocenters. The zero-order chi connectivity index (χ0) is 20.3. The average molecular weight is 395 g/mol. The van der Waals surface area contributed by atoms with Gasteiger partial charge in [-0.2, -0.15) is 0 Å². The van der Waals surface area contributed by atoms with Gasteiger partial charge in [0, 0.05) is 31.0 Å². The number of rotatable bonds is 3. The predicted octanol–water partition coefficient (Wildman–Crippen LogP) is 2.52. The highest BCUT2D eigenvalue weighted by atomic mass is 16.5. The van der Waals surface area contributed by atoms with Gasteiger partial charge in [-0.3, -0.25) is 14.6 Å². The lowest BCUT2D eigenvalue weighted by atomic mass is 9.92. The second kappa shape index (κ2) is 8.21. The number of likely N-dealkylation sites (tertiary alicyclic amines) is 1. The van der Waals surface area contributed by atoms with Crippen molar-refractivity contribution < 1.29 is 19.1 Å². The first-order chi connectivity index (χ1) is 14.1. The molecule has 1 atom stereocenters. The van der Waals surface area contributed by atoms with Gasteiger partial charge in [0.1, 0.15) is 18.1 Å².